The van der Waals surface area contributed by atoms with Crippen molar-refractivity contribution in [1.82, 2.24) is 10.1 Å². The number of nitrogens with zero attached hydrogens (tertiary/aromatic N) is 3. The number of thioether (sulfide) groups is 1. The lowest BCUT2D eigenvalue weighted by atomic mass is 10.0. The van der Waals surface area contributed by atoms with Crippen molar-refractivity contribution < 1.29 is 13.9 Å². The highest BCUT2D eigenvalue weighted by atomic mass is 32.2. The van der Waals surface area contributed by atoms with Crippen molar-refractivity contribution in [2.45, 2.75) is 31.6 Å². The van der Waals surface area contributed by atoms with E-state index >= 15 is 0 Å². The van der Waals surface area contributed by atoms with E-state index in [1.807, 2.05) is 13.0 Å². The second-order valence-electron chi connectivity index (χ2n) is 6.74. The standard InChI is InChI=1S/C21H19FN4O2S/c1-3-11-29-21-23-19(28)18-16-9-4-5-10-17(16)25(13(2)27)20(26(18)24-21)14-7-6-8-15(22)12-14/h4-10,12,20H,3,11H2,1-2H3/p+1. The van der Waals surface area contributed by atoms with Crippen molar-refractivity contribution in [1.29, 1.82) is 0 Å². The van der Waals surface area contributed by atoms with Gasteiger partial charge in [-0.3, -0.25) is 14.6 Å². The van der Waals surface area contributed by atoms with Crippen molar-refractivity contribution in [3.63, 3.8) is 0 Å². The summed E-state index contributed by atoms with van der Waals surface area (Å²) in [5.74, 6) is 0.145. The Labute approximate surface area is 171 Å². The maximum Gasteiger partial charge on any atom is 0.325 e. The van der Waals surface area contributed by atoms with Gasteiger partial charge in [-0.2, -0.15) is 0 Å². The number of hydrogen-bond donors (Lipinski definition) is 1. The first-order valence-corrected chi connectivity index (χ1v) is 10.3. The Morgan fingerprint density at radius 3 is 2.79 bits per heavy atom. The zero-order valence-corrected chi connectivity index (χ0v) is 16.9. The lowest BCUT2D eigenvalue weighted by Gasteiger charge is -2.31. The quantitative estimate of drug-likeness (QED) is 0.528. The van der Waals surface area contributed by atoms with E-state index < -0.39 is 12.0 Å². The third-order valence-electron chi connectivity index (χ3n) is 4.69. The van der Waals surface area contributed by atoms with Crippen molar-refractivity contribution in [2.75, 3.05) is 10.7 Å². The second-order valence-corrected chi connectivity index (χ2v) is 7.82. The molecule has 2 heterocycles. The van der Waals surface area contributed by atoms with Crippen LogP contribution in [0.2, 0.25) is 0 Å². The highest BCUT2D eigenvalue weighted by molar-refractivity contribution is 7.99. The number of H-pyrrole nitrogens is 1. The van der Waals surface area contributed by atoms with Crippen molar-refractivity contribution in [3.05, 3.63) is 70.3 Å². The Kier molecular flexibility index (Phi) is 5.19. The number of anilines is 1. The first-order chi connectivity index (χ1) is 14.0. The number of benzene rings is 2. The average molecular weight is 411 g/mol. The molecule has 8 heteroatoms. The summed E-state index contributed by atoms with van der Waals surface area (Å²) >= 11 is 1.43. The van der Waals surface area contributed by atoms with Gasteiger partial charge in [0.25, 0.3) is 6.17 Å². The van der Waals surface area contributed by atoms with E-state index in [0.29, 0.717) is 27.7 Å². The van der Waals surface area contributed by atoms with Crippen molar-refractivity contribution >= 4 is 23.4 Å². The average Bonchev–Trinajstić information content (AvgIpc) is 2.70. The molecule has 6 nitrogen and oxygen atoms in total. The molecule has 4 rings (SSSR count). The molecule has 1 aromatic heterocycles. The topological polar surface area (TPSA) is 69.9 Å². The molecule has 0 fully saturated rings. The number of aromatic nitrogens is 3. The van der Waals surface area contributed by atoms with Gasteiger partial charge in [-0.15, -0.1) is 0 Å². The molecule has 148 valence electrons. The minimum atomic E-state index is -0.767. The molecule has 0 saturated carbocycles. The van der Waals surface area contributed by atoms with Crippen LogP contribution in [0.4, 0.5) is 10.1 Å². The Morgan fingerprint density at radius 2 is 2.07 bits per heavy atom. The molecular formula is C21H20FN4O2S+. The van der Waals surface area contributed by atoms with Gasteiger partial charge in [0.1, 0.15) is 5.82 Å². The van der Waals surface area contributed by atoms with Crippen LogP contribution in [0.5, 0.6) is 0 Å². The zero-order chi connectivity index (χ0) is 20.5. The number of nitrogens with one attached hydrogen (secondary N) is 1. The largest absolute Gasteiger partial charge is 0.325 e. The molecule has 1 unspecified atom stereocenters. The SMILES string of the molecule is CCCSc1n[n+]2c(c(=O)[nH]1)-c1ccccc1N(C(C)=O)C2c1cccc(F)c1. The summed E-state index contributed by atoms with van der Waals surface area (Å²) in [5, 5.41) is 5.10. The van der Waals surface area contributed by atoms with Crippen LogP contribution in [0.1, 0.15) is 32.0 Å². The van der Waals surface area contributed by atoms with Crippen LogP contribution in [0.3, 0.4) is 0 Å². The van der Waals surface area contributed by atoms with E-state index in [4.69, 9.17) is 0 Å². The van der Waals surface area contributed by atoms with E-state index in [0.717, 1.165) is 12.2 Å². The second kappa shape index (κ2) is 7.79. The van der Waals surface area contributed by atoms with Gasteiger partial charge in [0.15, 0.2) is 0 Å². The lowest BCUT2D eigenvalue weighted by molar-refractivity contribution is -0.763. The number of carbonyl (C=O) groups excluding carboxylic acids is 1. The summed E-state index contributed by atoms with van der Waals surface area (Å²) in [7, 11) is 0. The molecule has 1 N–H and O–H groups in total. The Morgan fingerprint density at radius 1 is 1.28 bits per heavy atom. The highest BCUT2D eigenvalue weighted by Gasteiger charge is 2.44. The summed E-state index contributed by atoms with van der Waals surface area (Å²) in [6, 6.07) is 13.2. The van der Waals surface area contributed by atoms with Gasteiger partial charge in [-0.25, -0.2) is 9.29 Å². The molecule has 0 radical (unpaired) electrons. The van der Waals surface area contributed by atoms with E-state index in [1.165, 1.54) is 35.5 Å². The molecule has 1 amide bonds. The summed E-state index contributed by atoms with van der Waals surface area (Å²) in [6.45, 7) is 3.49. The fourth-order valence-electron chi connectivity index (χ4n) is 3.54. The van der Waals surface area contributed by atoms with Gasteiger partial charge in [-0.05, 0) is 41.4 Å². The number of para-hydroxylation sites is 1. The third-order valence-corrected chi connectivity index (χ3v) is 5.76. The summed E-state index contributed by atoms with van der Waals surface area (Å²) < 4.78 is 15.6. The number of amides is 1. The molecule has 1 aliphatic rings. The number of fused-ring (bicyclic) bond motifs is 3. The maximum atomic E-state index is 14.0. The monoisotopic (exact) mass is 411 g/mol. The molecule has 2 aromatic carbocycles. The van der Waals surface area contributed by atoms with Crippen molar-refractivity contribution in [2.24, 2.45) is 0 Å². The van der Waals surface area contributed by atoms with Gasteiger partial charge in [0, 0.05) is 23.3 Å². The predicted molar refractivity (Wildman–Crippen MR) is 109 cm³/mol. The molecule has 0 spiro atoms. The summed E-state index contributed by atoms with van der Waals surface area (Å²) in [6.07, 6.45) is 0.155. The van der Waals surface area contributed by atoms with Gasteiger partial charge in [0.2, 0.25) is 11.1 Å². The van der Waals surface area contributed by atoms with Crippen LogP contribution in [0.25, 0.3) is 11.3 Å². The Hall–Kier alpha value is -3.00. The number of aromatic amines is 1. The number of carbonyl (C=O) groups is 1. The predicted octanol–water partition coefficient (Wildman–Crippen LogP) is 3.28. The zero-order valence-electron chi connectivity index (χ0n) is 16.1. The van der Waals surface area contributed by atoms with Gasteiger partial charge in [0.05, 0.1) is 11.3 Å². The van der Waals surface area contributed by atoms with Crippen LogP contribution in [-0.2, 0) is 4.79 Å². The Bertz CT molecular complexity index is 1150. The van der Waals surface area contributed by atoms with E-state index in [1.54, 1.807) is 35.2 Å². The van der Waals surface area contributed by atoms with E-state index in [-0.39, 0.29) is 11.5 Å². The van der Waals surface area contributed by atoms with E-state index in [2.05, 4.69) is 10.1 Å². The van der Waals surface area contributed by atoms with Crippen LogP contribution in [0.15, 0.2) is 58.5 Å². The minimum Gasteiger partial charge on any atom is -0.291 e. The van der Waals surface area contributed by atoms with Crippen LogP contribution >= 0.6 is 11.8 Å². The fourth-order valence-corrected chi connectivity index (χ4v) is 4.25. The molecule has 1 aliphatic heterocycles. The van der Waals surface area contributed by atoms with Crippen LogP contribution < -0.4 is 15.1 Å². The van der Waals surface area contributed by atoms with Gasteiger partial charge < -0.3 is 0 Å². The molecule has 0 bridgehead atoms. The number of rotatable bonds is 4. The lowest BCUT2D eigenvalue weighted by Crippen LogP contribution is -2.60. The third kappa shape index (κ3) is 3.44. The molecule has 29 heavy (non-hydrogen) atoms. The molecule has 1 atom stereocenters. The number of halogens is 1. The first-order valence-electron chi connectivity index (χ1n) is 9.35. The van der Waals surface area contributed by atoms with Gasteiger partial charge in [-0.1, -0.05) is 36.9 Å². The van der Waals surface area contributed by atoms with Gasteiger partial charge >= 0.3 is 11.3 Å². The minimum absolute atomic E-state index is 0.227. The molecule has 0 aliphatic carbocycles. The van der Waals surface area contributed by atoms with Crippen LogP contribution in [-0.4, -0.2) is 21.7 Å². The summed E-state index contributed by atoms with van der Waals surface area (Å²) in [4.78, 5) is 30.1. The fraction of sp³-hybridized carbons (Fsp3) is 0.238. The van der Waals surface area contributed by atoms with Crippen molar-refractivity contribution in [3.8, 4) is 11.3 Å². The smallest absolute Gasteiger partial charge is 0.291 e. The Balaban J connectivity index is 2.03. The normalized spacial score (nSPS) is 15.0. The maximum absolute atomic E-state index is 14.0. The molecule has 3 aromatic rings. The molecule has 0 saturated heterocycles. The summed E-state index contributed by atoms with van der Waals surface area (Å²) in [5.41, 5.74) is 1.78. The highest BCUT2D eigenvalue weighted by Crippen LogP contribution is 2.37. The molecular weight excluding hydrogens is 391 g/mol. The van der Waals surface area contributed by atoms with Crippen LogP contribution in [0, 0.1) is 5.82 Å². The van der Waals surface area contributed by atoms with E-state index in [9.17, 15) is 14.0 Å². The number of hydrogen-bond acceptors (Lipinski definition) is 4. The first kappa shape index (κ1) is 19.3.